The highest BCUT2D eigenvalue weighted by Crippen LogP contribution is 2.29. The molecule has 1 saturated heterocycles. The first-order valence-electron chi connectivity index (χ1n) is 4.82. The highest BCUT2D eigenvalue weighted by molar-refractivity contribution is 5.44. The molecule has 0 bridgehead atoms. The number of hydrogen-bond acceptors (Lipinski definition) is 3. The van der Waals surface area contributed by atoms with Gasteiger partial charge < -0.3 is 10.0 Å². The van der Waals surface area contributed by atoms with Gasteiger partial charge in [0.2, 0.25) is 0 Å². The van der Waals surface area contributed by atoms with Crippen molar-refractivity contribution in [2.45, 2.75) is 18.9 Å². The third kappa shape index (κ3) is 1.79. The lowest BCUT2D eigenvalue weighted by molar-refractivity contribution is 0.00767. The zero-order valence-electron chi connectivity index (χ0n) is 8.37. The molecule has 82 valence electrons. The van der Waals surface area contributed by atoms with Crippen LogP contribution in [0.5, 0.6) is 0 Å². The first-order valence-corrected chi connectivity index (χ1v) is 4.82. The number of aliphatic hydroxyl groups is 1. The fourth-order valence-corrected chi connectivity index (χ4v) is 1.68. The van der Waals surface area contributed by atoms with Crippen LogP contribution in [0.3, 0.4) is 0 Å². The SMILES string of the molecule is CCC1(O)CN(c2ncc(F)cc2F)C1. The van der Waals surface area contributed by atoms with Gasteiger partial charge in [-0.2, -0.15) is 0 Å². The van der Waals surface area contributed by atoms with Gasteiger partial charge in [-0.3, -0.25) is 0 Å². The number of nitrogens with zero attached hydrogens (tertiary/aromatic N) is 2. The molecule has 3 nitrogen and oxygen atoms in total. The predicted octanol–water partition coefficient (Wildman–Crippen LogP) is 1.32. The monoisotopic (exact) mass is 214 g/mol. The van der Waals surface area contributed by atoms with Crippen LogP contribution in [-0.2, 0) is 0 Å². The summed E-state index contributed by atoms with van der Waals surface area (Å²) in [6, 6.07) is 0.797. The maximum atomic E-state index is 13.3. The topological polar surface area (TPSA) is 36.4 Å². The molecule has 1 aliphatic rings. The van der Waals surface area contributed by atoms with Gasteiger partial charge in [-0.25, -0.2) is 13.8 Å². The summed E-state index contributed by atoms with van der Waals surface area (Å²) >= 11 is 0. The van der Waals surface area contributed by atoms with Crippen LogP contribution in [0.1, 0.15) is 13.3 Å². The Morgan fingerprint density at radius 2 is 2.20 bits per heavy atom. The summed E-state index contributed by atoms with van der Waals surface area (Å²) in [5.74, 6) is -1.27. The van der Waals surface area contributed by atoms with E-state index in [2.05, 4.69) is 4.98 Å². The quantitative estimate of drug-likeness (QED) is 0.806. The molecule has 1 aliphatic heterocycles. The van der Waals surface area contributed by atoms with Crippen LogP contribution < -0.4 is 4.90 Å². The van der Waals surface area contributed by atoms with E-state index in [4.69, 9.17) is 0 Å². The molecule has 15 heavy (non-hydrogen) atoms. The molecule has 2 rings (SSSR count). The molecule has 0 spiro atoms. The smallest absolute Gasteiger partial charge is 0.168 e. The van der Waals surface area contributed by atoms with E-state index in [1.807, 2.05) is 6.92 Å². The second-order valence-corrected chi connectivity index (χ2v) is 3.89. The molecular formula is C10H12F2N2O. The van der Waals surface area contributed by atoms with Crippen molar-refractivity contribution in [1.82, 2.24) is 4.98 Å². The van der Waals surface area contributed by atoms with Crippen molar-refractivity contribution < 1.29 is 13.9 Å². The molecular weight excluding hydrogens is 202 g/mol. The van der Waals surface area contributed by atoms with Crippen molar-refractivity contribution in [3.05, 3.63) is 23.9 Å². The Hall–Kier alpha value is -1.23. The summed E-state index contributed by atoms with van der Waals surface area (Å²) in [5, 5.41) is 9.73. The minimum atomic E-state index is -0.748. The minimum absolute atomic E-state index is 0.106. The zero-order chi connectivity index (χ0) is 11.1. The molecule has 0 unspecified atom stereocenters. The van der Waals surface area contributed by atoms with Crippen molar-refractivity contribution in [3.63, 3.8) is 0 Å². The summed E-state index contributed by atoms with van der Waals surface area (Å²) in [6.45, 7) is 2.56. The number of hydrogen-bond donors (Lipinski definition) is 1. The van der Waals surface area contributed by atoms with Crippen LogP contribution >= 0.6 is 0 Å². The van der Waals surface area contributed by atoms with E-state index < -0.39 is 17.2 Å². The molecule has 0 aliphatic carbocycles. The van der Waals surface area contributed by atoms with E-state index in [0.717, 1.165) is 12.3 Å². The van der Waals surface area contributed by atoms with Crippen LogP contribution in [0.25, 0.3) is 0 Å². The van der Waals surface area contributed by atoms with Crippen molar-refractivity contribution in [2.24, 2.45) is 0 Å². The Bertz CT molecular complexity index is 378. The summed E-state index contributed by atoms with van der Waals surface area (Å²) < 4.78 is 25.8. The second kappa shape index (κ2) is 3.41. The molecule has 1 fully saturated rings. The highest BCUT2D eigenvalue weighted by Gasteiger charge is 2.41. The molecule has 5 heteroatoms. The number of β-amino-alcohol motifs (C(OH)–C–C–N with tert-alkyl or cyclic N) is 1. The second-order valence-electron chi connectivity index (χ2n) is 3.89. The Morgan fingerprint density at radius 1 is 1.53 bits per heavy atom. The lowest BCUT2D eigenvalue weighted by Gasteiger charge is -2.46. The van der Waals surface area contributed by atoms with Crippen LogP contribution in [0.15, 0.2) is 12.3 Å². The van der Waals surface area contributed by atoms with E-state index in [1.165, 1.54) is 0 Å². The van der Waals surface area contributed by atoms with Crippen molar-refractivity contribution in [1.29, 1.82) is 0 Å². The minimum Gasteiger partial charge on any atom is -0.386 e. The normalized spacial score (nSPS) is 18.8. The molecule has 0 saturated carbocycles. The van der Waals surface area contributed by atoms with Crippen molar-refractivity contribution in [2.75, 3.05) is 18.0 Å². The summed E-state index contributed by atoms with van der Waals surface area (Å²) in [6.07, 6.45) is 1.59. The van der Waals surface area contributed by atoms with Gasteiger partial charge in [0.25, 0.3) is 0 Å². The van der Waals surface area contributed by atoms with Crippen molar-refractivity contribution >= 4 is 5.82 Å². The van der Waals surface area contributed by atoms with Crippen molar-refractivity contribution in [3.8, 4) is 0 Å². The van der Waals surface area contributed by atoms with E-state index in [0.29, 0.717) is 19.5 Å². The number of aromatic nitrogens is 1. The zero-order valence-corrected chi connectivity index (χ0v) is 8.37. The highest BCUT2D eigenvalue weighted by atomic mass is 19.1. The molecule has 1 aromatic heterocycles. The molecule has 2 heterocycles. The summed E-state index contributed by atoms with van der Waals surface area (Å²) in [4.78, 5) is 5.26. The maximum absolute atomic E-state index is 13.3. The van der Waals surface area contributed by atoms with Crippen LogP contribution in [0.4, 0.5) is 14.6 Å². The molecule has 1 N–H and O–H groups in total. The summed E-state index contributed by atoms with van der Waals surface area (Å²) in [5.41, 5.74) is -0.748. The molecule has 0 aromatic carbocycles. The number of anilines is 1. The Balaban J connectivity index is 2.13. The van der Waals surface area contributed by atoms with Gasteiger partial charge in [0.15, 0.2) is 11.6 Å². The first-order chi connectivity index (χ1) is 7.04. The number of pyridine rings is 1. The molecule has 0 atom stereocenters. The van der Waals surface area contributed by atoms with Crippen LogP contribution in [0, 0.1) is 11.6 Å². The Kier molecular flexibility index (Phi) is 2.34. The van der Waals surface area contributed by atoms with E-state index in [-0.39, 0.29) is 5.82 Å². The molecule has 1 aromatic rings. The van der Waals surface area contributed by atoms with Gasteiger partial charge in [0, 0.05) is 6.07 Å². The first kappa shape index (κ1) is 10.3. The summed E-state index contributed by atoms with van der Waals surface area (Å²) in [7, 11) is 0. The predicted molar refractivity (Wildman–Crippen MR) is 51.6 cm³/mol. The van der Waals surface area contributed by atoms with Gasteiger partial charge in [-0.05, 0) is 6.42 Å². The molecule has 0 amide bonds. The fourth-order valence-electron chi connectivity index (χ4n) is 1.68. The number of rotatable bonds is 2. The van der Waals surface area contributed by atoms with E-state index in [9.17, 15) is 13.9 Å². The van der Waals surface area contributed by atoms with Gasteiger partial charge in [0.1, 0.15) is 5.82 Å². The lowest BCUT2D eigenvalue weighted by Crippen LogP contribution is -2.62. The Morgan fingerprint density at radius 3 is 2.73 bits per heavy atom. The molecule has 0 radical (unpaired) electrons. The van der Waals surface area contributed by atoms with Gasteiger partial charge >= 0.3 is 0 Å². The number of halogens is 2. The third-order valence-corrected chi connectivity index (χ3v) is 2.72. The van der Waals surface area contributed by atoms with Crippen LogP contribution in [0.2, 0.25) is 0 Å². The average molecular weight is 214 g/mol. The maximum Gasteiger partial charge on any atom is 0.168 e. The van der Waals surface area contributed by atoms with Gasteiger partial charge in [-0.1, -0.05) is 6.92 Å². The van der Waals surface area contributed by atoms with Gasteiger partial charge in [-0.15, -0.1) is 0 Å². The average Bonchev–Trinajstić information content (AvgIpc) is 2.14. The van der Waals surface area contributed by atoms with Gasteiger partial charge in [0.05, 0.1) is 24.9 Å². The third-order valence-electron chi connectivity index (χ3n) is 2.72. The fraction of sp³-hybridized carbons (Fsp3) is 0.500. The lowest BCUT2D eigenvalue weighted by atomic mass is 9.91. The van der Waals surface area contributed by atoms with E-state index >= 15 is 0 Å². The standard InChI is InChI=1S/C10H12F2N2O/c1-2-10(15)5-14(6-10)9-8(12)3-7(11)4-13-9/h3-4,15H,2,5-6H2,1H3. The largest absolute Gasteiger partial charge is 0.386 e. The van der Waals surface area contributed by atoms with Crippen LogP contribution in [-0.4, -0.2) is 28.8 Å². The Labute approximate surface area is 86.4 Å². The van der Waals surface area contributed by atoms with E-state index in [1.54, 1.807) is 4.90 Å².